The Kier molecular flexibility index (Phi) is 4.91. The molecule has 0 radical (unpaired) electrons. The zero-order valence-electron chi connectivity index (χ0n) is 13.6. The van der Waals surface area contributed by atoms with Crippen LogP contribution in [0.3, 0.4) is 0 Å². The molecule has 0 aromatic carbocycles. The highest BCUT2D eigenvalue weighted by molar-refractivity contribution is 4.96. The standard InChI is InChI=1S/C16H33N3/c1-6-13-7-8-14(17-4)15(11-13)19-10-9-18(5)16(2,3)12-19/h13-15,17H,6-12H2,1-5H3. The van der Waals surface area contributed by atoms with E-state index in [2.05, 4.69) is 50.0 Å². The van der Waals surface area contributed by atoms with E-state index in [0.29, 0.717) is 11.6 Å². The van der Waals surface area contributed by atoms with Crippen LogP contribution in [0.5, 0.6) is 0 Å². The molecule has 0 aromatic heterocycles. The third-order valence-corrected chi connectivity index (χ3v) is 5.69. The molecule has 2 fully saturated rings. The van der Waals surface area contributed by atoms with Crippen LogP contribution in [-0.2, 0) is 0 Å². The van der Waals surface area contributed by atoms with Crippen LogP contribution in [0.25, 0.3) is 0 Å². The van der Waals surface area contributed by atoms with Crippen molar-refractivity contribution in [3.63, 3.8) is 0 Å². The van der Waals surface area contributed by atoms with Crippen molar-refractivity contribution in [2.75, 3.05) is 33.7 Å². The van der Waals surface area contributed by atoms with E-state index in [-0.39, 0.29) is 0 Å². The minimum Gasteiger partial charge on any atom is -0.315 e. The quantitative estimate of drug-likeness (QED) is 0.845. The first-order valence-electron chi connectivity index (χ1n) is 8.10. The van der Waals surface area contributed by atoms with Crippen molar-refractivity contribution in [2.24, 2.45) is 5.92 Å². The zero-order valence-corrected chi connectivity index (χ0v) is 13.6. The van der Waals surface area contributed by atoms with Gasteiger partial charge in [0, 0.05) is 37.3 Å². The second-order valence-electron chi connectivity index (χ2n) is 7.25. The summed E-state index contributed by atoms with van der Waals surface area (Å²) >= 11 is 0. The molecule has 0 bridgehead atoms. The van der Waals surface area contributed by atoms with Crippen molar-refractivity contribution in [3.8, 4) is 0 Å². The second-order valence-corrected chi connectivity index (χ2v) is 7.25. The average Bonchev–Trinajstić information content (AvgIpc) is 2.41. The third kappa shape index (κ3) is 3.32. The molecule has 2 rings (SSSR count). The van der Waals surface area contributed by atoms with E-state index in [0.717, 1.165) is 12.0 Å². The smallest absolute Gasteiger partial charge is 0.0277 e. The molecule has 19 heavy (non-hydrogen) atoms. The van der Waals surface area contributed by atoms with E-state index < -0.39 is 0 Å². The Morgan fingerprint density at radius 2 is 1.95 bits per heavy atom. The maximum absolute atomic E-state index is 3.58. The van der Waals surface area contributed by atoms with E-state index in [1.54, 1.807) is 0 Å². The fourth-order valence-electron chi connectivity index (χ4n) is 3.90. The van der Waals surface area contributed by atoms with Crippen LogP contribution < -0.4 is 5.32 Å². The van der Waals surface area contributed by atoms with Crippen molar-refractivity contribution in [3.05, 3.63) is 0 Å². The molecule has 0 amide bonds. The van der Waals surface area contributed by atoms with Crippen molar-refractivity contribution in [1.29, 1.82) is 0 Å². The first kappa shape index (κ1) is 15.3. The monoisotopic (exact) mass is 267 g/mol. The highest BCUT2D eigenvalue weighted by Gasteiger charge is 2.38. The van der Waals surface area contributed by atoms with Gasteiger partial charge in [0.15, 0.2) is 0 Å². The highest BCUT2D eigenvalue weighted by Crippen LogP contribution is 2.32. The van der Waals surface area contributed by atoms with Crippen LogP contribution in [0, 0.1) is 5.92 Å². The van der Waals surface area contributed by atoms with E-state index >= 15 is 0 Å². The summed E-state index contributed by atoms with van der Waals surface area (Å²) in [5.41, 5.74) is 0.315. The van der Waals surface area contributed by atoms with E-state index in [1.165, 1.54) is 45.3 Å². The topological polar surface area (TPSA) is 18.5 Å². The molecule has 0 spiro atoms. The Labute approximate surface area is 119 Å². The summed E-state index contributed by atoms with van der Waals surface area (Å²) in [5.74, 6) is 0.942. The first-order chi connectivity index (χ1) is 8.97. The summed E-state index contributed by atoms with van der Waals surface area (Å²) < 4.78 is 0. The molecule has 1 aliphatic carbocycles. The van der Waals surface area contributed by atoms with Gasteiger partial charge in [0.05, 0.1) is 0 Å². The van der Waals surface area contributed by atoms with Crippen LogP contribution in [0.15, 0.2) is 0 Å². The SMILES string of the molecule is CCC1CCC(NC)C(N2CCN(C)C(C)(C)C2)C1. The van der Waals surface area contributed by atoms with Crippen LogP contribution in [0.4, 0.5) is 0 Å². The molecule has 1 aliphatic heterocycles. The van der Waals surface area contributed by atoms with Gasteiger partial charge in [-0.3, -0.25) is 9.80 Å². The van der Waals surface area contributed by atoms with E-state index in [4.69, 9.17) is 0 Å². The lowest BCUT2D eigenvalue weighted by Crippen LogP contribution is -2.63. The zero-order chi connectivity index (χ0) is 14.0. The molecule has 3 atom stereocenters. The number of rotatable bonds is 3. The van der Waals surface area contributed by atoms with Crippen LogP contribution in [0.1, 0.15) is 46.5 Å². The van der Waals surface area contributed by atoms with Gasteiger partial charge in [-0.05, 0) is 53.1 Å². The molecule has 3 unspecified atom stereocenters. The van der Waals surface area contributed by atoms with Gasteiger partial charge in [0.1, 0.15) is 0 Å². The lowest BCUT2D eigenvalue weighted by Gasteiger charge is -2.51. The van der Waals surface area contributed by atoms with Crippen molar-refractivity contribution in [1.82, 2.24) is 15.1 Å². The molecular weight excluding hydrogens is 234 g/mol. The Morgan fingerprint density at radius 1 is 1.21 bits per heavy atom. The van der Waals surface area contributed by atoms with Gasteiger partial charge < -0.3 is 5.32 Å². The molecule has 1 saturated carbocycles. The van der Waals surface area contributed by atoms with Gasteiger partial charge in [0.2, 0.25) is 0 Å². The van der Waals surface area contributed by atoms with Gasteiger partial charge in [-0.15, -0.1) is 0 Å². The summed E-state index contributed by atoms with van der Waals surface area (Å²) in [6.07, 6.45) is 5.51. The molecule has 3 heteroatoms. The first-order valence-corrected chi connectivity index (χ1v) is 8.10. The predicted octanol–water partition coefficient (Wildman–Crippen LogP) is 2.18. The fourth-order valence-corrected chi connectivity index (χ4v) is 3.90. The lowest BCUT2D eigenvalue weighted by atomic mass is 9.79. The number of nitrogens with one attached hydrogen (secondary N) is 1. The number of likely N-dealkylation sites (N-methyl/N-ethyl adjacent to an activating group) is 2. The number of hydrogen-bond acceptors (Lipinski definition) is 3. The molecule has 1 N–H and O–H groups in total. The average molecular weight is 267 g/mol. The molecule has 2 aliphatic rings. The Balaban J connectivity index is 2.05. The van der Waals surface area contributed by atoms with E-state index in [1.807, 2.05) is 0 Å². The predicted molar refractivity (Wildman–Crippen MR) is 82.5 cm³/mol. The Morgan fingerprint density at radius 3 is 2.53 bits per heavy atom. The Hall–Kier alpha value is -0.120. The lowest BCUT2D eigenvalue weighted by molar-refractivity contribution is -0.00788. The maximum Gasteiger partial charge on any atom is 0.0277 e. The summed E-state index contributed by atoms with van der Waals surface area (Å²) in [4.78, 5) is 5.28. The van der Waals surface area contributed by atoms with Crippen LogP contribution in [0.2, 0.25) is 0 Å². The number of nitrogens with zero attached hydrogens (tertiary/aromatic N) is 2. The molecule has 1 saturated heterocycles. The normalized spacial score (nSPS) is 37.4. The summed E-state index contributed by atoms with van der Waals surface area (Å²) in [6.45, 7) is 10.8. The number of piperazine rings is 1. The van der Waals surface area contributed by atoms with Gasteiger partial charge in [0.25, 0.3) is 0 Å². The largest absolute Gasteiger partial charge is 0.315 e. The summed E-state index contributed by atoms with van der Waals surface area (Å²) in [7, 11) is 4.41. The molecular formula is C16H33N3. The molecule has 112 valence electrons. The minimum absolute atomic E-state index is 0.315. The maximum atomic E-state index is 3.58. The molecule has 3 nitrogen and oxygen atoms in total. The molecule has 0 aromatic rings. The van der Waals surface area contributed by atoms with Crippen molar-refractivity contribution < 1.29 is 0 Å². The van der Waals surface area contributed by atoms with Crippen molar-refractivity contribution >= 4 is 0 Å². The van der Waals surface area contributed by atoms with Crippen LogP contribution in [-0.4, -0.2) is 61.2 Å². The van der Waals surface area contributed by atoms with Gasteiger partial charge in [-0.1, -0.05) is 13.3 Å². The van der Waals surface area contributed by atoms with Gasteiger partial charge in [-0.2, -0.15) is 0 Å². The summed E-state index contributed by atoms with van der Waals surface area (Å²) in [6, 6.07) is 1.44. The summed E-state index contributed by atoms with van der Waals surface area (Å²) in [5, 5.41) is 3.58. The highest BCUT2D eigenvalue weighted by atomic mass is 15.3. The minimum atomic E-state index is 0.315. The van der Waals surface area contributed by atoms with E-state index in [9.17, 15) is 0 Å². The number of hydrogen-bond donors (Lipinski definition) is 1. The molecule has 1 heterocycles. The van der Waals surface area contributed by atoms with Gasteiger partial charge >= 0.3 is 0 Å². The second kappa shape index (κ2) is 6.11. The van der Waals surface area contributed by atoms with Gasteiger partial charge in [-0.25, -0.2) is 0 Å². The fraction of sp³-hybridized carbons (Fsp3) is 1.00. The third-order valence-electron chi connectivity index (χ3n) is 5.69. The van der Waals surface area contributed by atoms with Crippen molar-refractivity contribution in [2.45, 2.75) is 64.1 Å². The van der Waals surface area contributed by atoms with Crippen LogP contribution >= 0.6 is 0 Å². The Bertz CT molecular complexity index is 290.